The Hall–Kier alpha value is -3.13. The molecule has 0 aromatic heterocycles. The third-order valence-corrected chi connectivity index (χ3v) is 2.63. The molecule has 0 amide bonds. The number of non-ortho nitro benzene ring substituents is 1. The molecule has 5 nitrogen and oxygen atoms in total. The molecule has 1 aromatic rings. The van der Waals surface area contributed by atoms with Gasteiger partial charge < -0.3 is 0 Å². The normalized spacial score (nSPS) is 12.9. The van der Waals surface area contributed by atoms with Crippen molar-refractivity contribution in [2.24, 2.45) is 0 Å². The molecule has 0 radical (unpaired) electrons. The first-order valence-corrected chi connectivity index (χ1v) is 5.75. The molecule has 0 aliphatic rings. The van der Waals surface area contributed by atoms with Crippen LogP contribution in [-0.4, -0.2) is 11.1 Å². The van der Waals surface area contributed by atoms with Crippen LogP contribution in [0.15, 0.2) is 41.0 Å². The van der Waals surface area contributed by atoms with E-state index in [4.69, 9.17) is 10.5 Å². The summed E-state index contributed by atoms with van der Waals surface area (Å²) >= 11 is 0. The molecule has 0 aliphatic carbocycles. The largest absolute Gasteiger partial charge is 0.418 e. The Labute approximate surface area is 123 Å². The van der Waals surface area contributed by atoms with Crippen LogP contribution >= 0.6 is 0 Å². The van der Waals surface area contributed by atoms with Gasteiger partial charge >= 0.3 is 6.18 Å². The number of nitriles is 2. The van der Waals surface area contributed by atoms with E-state index in [9.17, 15) is 23.3 Å². The number of nitro groups is 1. The van der Waals surface area contributed by atoms with Gasteiger partial charge in [-0.1, -0.05) is 0 Å². The Morgan fingerprint density at radius 3 is 2.14 bits per heavy atom. The molecule has 0 saturated carbocycles. The van der Waals surface area contributed by atoms with E-state index in [1.165, 1.54) is 24.3 Å². The zero-order chi connectivity index (χ0) is 16.9. The van der Waals surface area contributed by atoms with Gasteiger partial charge in [0.15, 0.2) is 0 Å². The summed E-state index contributed by atoms with van der Waals surface area (Å²) in [4.78, 5) is 9.85. The minimum absolute atomic E-state index is 0.176. The fraction of sp³-hybridized carbons (Fsp3) is 0.143. The van der Waals surface area contributed by atoms with Crippen LogP contribution < -0.4 is 0 Å². The number of nitrogens with zero attached hydrogens (tertiary/aromatic N) is 3. The lowest BCUT2D eigenvalue weighted by Crippen LogP contribution is -2.15. The average molecular weight is 307 g/mol. The van der Waals surface area contributed by atoms with E-state index >= 15 is 0 Å². The number of alkyl halides is 3. The Kier molecular flexibility index (Phi) is 5.04. The monoisotopic (exact) mass is 307 g/mol. The van der Waals surface area contributed by atoms with Gasteiger partial charge in [-0.05, 0) is 30.7 Å². The van der Waals surface area contributed by atoms with Gasteiger partial charge in [0.25, 0.3) is 5.69 Å². The summed E-state index contributed by atoms with van der Waals surface area (Å²) in [5, 5.41) is 28.1. The van der Waals surface area contributed by atoms with Gasteiger partial charge in [0.2, 0.25) is 0 Å². The number of rotatable bonds is 3. The summed E-state index contributed by atoms with van der Waals surface area (Å²) in [6, 6.07) is 7.42. The minimum Gasteiger partial charge on any atom is -0.258 e. The predicted octanol–water partition coefficient (Wildman–Crippen LogP) is 3.90. The van der Waals surface area contributed by atoms with Crippen molar-refractivity contribution in [1.82, 2.24) is 0 Å². The van der Waals surface area contributed by atoms with E-state index in [2.05, 4.69) is 0 Å². The quantitative estimate of drug-likeness (QED) is 0.366. The summed E-state index contributed by atoms with van der Waals surface area (Å²) in [6.07, 6.45) is -3.93. The van der Waals surface area contributed by atoms with Crippen LogP contribution in [0.3, 0.4) is 0 Å². The van der Waals surface area contributed by atoms with Gasteiger partial charge in [-0.2, -0.15) is 23.7 Å². The fourth-order valence-corrected chi connectivity index (χ4v) is 1.64. The van der Waals surface area contributed by atoms with E-state index in [-0.39, 0.29) is 11.3 Å². The summed E-state index contributed by atoms with van der Waals surface area (Å²) in [5.74, 6) is 0. The van der Waals surface area contributed by atoms with Crippen molar-refractivity contribution in [1.29, 1.82) is 10.5 Å². The number of benzene rings is 1. The zero-order valence-corrected chi connectivity index (χ0v) is 11.2. The molecule has 8 heteroatoms. The SMILES string of the molecule is C/C(C#N)=C(\C(C#N)=C\c1ccc([N+](=O)[O-])cc1)C(F)(F)F. The summed E-state index contributed by atoms with van der Waals surface area (Å²) in [5.41, 5.74) is -2.75. The Balaban J connectivity index is 3.39. The molecule has 0 heterocycles. The van der Waals surface area contributed by atoms with Gasteiger partial charge in [0, 0.05) is 17.7 Å². The van der Waals surface area contributed by atoms with Gasteiger partial charge in [0.1, 0.15) is 0 Å². The highest BCUT2D eigenvalue weighted by atomic mass is 19.4. The van der Waals surface area contributed by atoms with E-state index < -0.39 is 27.8 Å². The maximum atomic E-state index is 13.0. The molecule has 0 saturated heterocycles. The molecule has 0 atom stereocenters. The second-order valence-corrected chi connectivity index (χ2v) is 4.13. The summed E-state index contributed by atoms with van der Waals surface area (Å²) < 4.78 is 38.9. The number of halogens is 3. The molecule has 0 N–H and O–H groups in total. The van der Waals surface area contributed by atoms with Crippen molar-refractivity contribution < 1.29 is 18.1 Å². The van der Waals surface area contributed by atoms with Crippen molar-refractivity contribution in [3.63, 3.8) is 0 Å². The Morgan fingerprint density at radius 1 is 1.23 bits per heavy atom. The maximum Gasteiger partial charge on any atom is 0.418 e. The fourth-order valence-electron chi connectivity index (χ4n) is 1.64. The first kappa shape index (κ1) is 16.9. The predicted molar refractivity (Wildman–Crippen MR) is 71.1 cm³/mol. The van der Waals surface area contributed by atoms with Crippen LogP contribution in [0.25, 0.3) is 6.08 Å². The second-order valence-electron chi connectivity index (χ2n) is 4.13. The molecule has 112 valence electrons. The second kappa shape index (κ2) is 6.55. The van der Waals surface area contributed by atoms with Crippen LogP contribution in [0.4, 0.5) is 18.9 Å². The first-order valence-electron chi connectivity index (χ1n) is 5.75. The van der Waals surface area contributed by atoms with E-state index in [0.717, 1.165) is 25.1 Å². The summed E-state index contributed by atoms with van der Waals surface area (Å²) in [7, 11) is 0. The van der Waals surface area contributed by atoms with Gasteiger partial charge in [-0.3, -0.25) is 10.1 Å². The van der Waals surface area contributed by atoms with Crippen molar-refractivity contribution in [3.05, 3.63) is 56.7 Å². The van der Waals surface area contributed by atoms with E-state index in [1.54, 1.807) is 0 Å². The van der Waals surface area contributed by atoms with Crippen LogP contribution in [0.5, 0.6) is 0 Å². The standard InChI is InChI=1S/C14H8F3N3O2/c1-9(7-18)13(14(15,16)17)11(8-19)6-10-2-4-12(5-3-10)20(21)22/h2-6H,1H3/b11-6+,13-9-. The number of nitro benzene ring substituents is 1. The minimum atomic E-state index is -4.86. The highest BCUT2D eigenvalue weighted by Gasteiger charge is 2.38. The lowest BCUT2D eigenvalue weighted by atomic mass is 9.99. The topological polar surface area (TPSA) is 90.7 Å². The molecule has 22 heavy (non-hydrogen) atoms. The number of hydrogen-bond acceptors (Lipinski definition) is 4. The molecule has 0 unspecified atom stereocenters. The Morgan fingerprint density at radius 2 is 1.77 bits per heavy atom. The first-order chi connectivity index (χ1) is 10.2. The molecule has 1 rings (SSSR count). The van der Waals surface area contributed by atoms with Gasteiger partial charge in [-0.15, -0.1) is 0 Å². The highest BCUT2D eigenvalue weighted by Crippen LogP contribution is 2.34. The molecular formula is C14H8F3N3O2. The van der Waals surface area contributed by atoms with Crippen LogP contribution in [0.1, 0.15) is 12.5 Å². The Bertz CT molecular complexity index is 733. The molecule has 0 bridgehead atoms. The molecule has 0 fully saturated rings. The van der Waals surface area contributed by atoms with E-state index in [1.807, 2.05) is 0 Å². The van der Waals surface area contributed by atoms with Crippen LogP contribution in [0.2, 0.25) is 0 Å². The van der Waals surface area contributed by atoms with Crippen molar-refractivity contribution in [3.8, 4) is 12.1 Å². The number of allylic oxidation sites excluding steroid dienone is 3. The third kappa shape index (κ3) is 3.93. The molecule has 0 aliphatic heterocycles. The summed E-state index contributed by atoms with van der Waals surface area (Å²) in [6.45, 7) is 0.962. The third-order valence-electron chi connectivity index (χ3n) is 2.63. The van der Waals surface area contributed by atoms with Crippen molar-refractivity contribution >= 4 is 11.8 Å². The van der Waals surface area contributed by atoms with Gasteiger partial charge in [-0.25, -0.2) is 0 Å². The van der Waals surface area contributed by atoms with Crippen LogP contribution in [0, 0.1) is 32.8 Å². The van der Waals surface area contributed by atoms with Crippen molar-refractivity contribution in [2.45, 2.75) is 13.1 Å². The van der Waals surface area contributed by atoms with E-state index in [0.29, 0.717) is 0 Å². The van der Waals surface area contributed by atoms with Crippen molar-refractivity contribution in [2.75, 3.05) is 0 Å². The van der Waals surface area contributed by atoms with Gasteiger partial charge in [0.05, 0.1) is 28.2 Å². The smallest absolute Gasteiger partial charge is 0.258 e. The lowest BCUT2D eigenvalue weighted by Gasteiger charge is -2.11. The molecule has 0 spiro atoms. The molecule has 1 aromatic carbocycles. The lowest BCUT2D eigenvalue weighted by molar-refractivity contribution is -0.384. The maximum absolute atomic E-state index is 13.0. The zero-order valence-electron chi connectivity index (χ0n) is 11.2. The molecular weight excluding hydrogens is 299 g/mol. The average Bonchev–Trinajstić information content (AvgIpc) is 2.45. The number of hydrogen-bond donors (Lipinski definition) is 0. The van der Waals surface area contributed by atoms with Crippen LogP contribution in [-0.2, 0) is 0 Å². The highest BCUT2D eigenvalue weighted by molar-refractivity contribution is 5.66.